The van der Waals surface area contributed by atoms with Gasteiger partial charge in [0.25, 0.3) is 0 Å². The van der Waals surface area contributed by atoms with Gasteiger partial charge in [0.05, 0.1) is 0 Å². The second-order valence-electron chi connectivity index (χ2n) is 6.07. The molecule has 0 bridgehead atoms. The van der Waals surface area contributed by atoms with Crippen molar-refractivity contribution >= 4 is 0 Å². The normalized spacial score (nSPS) is 26.4. The summed E-state index contributed by atoms with van der Waals surface area (Å²) in [6.45, 7) is 7.06. The van der Waals surface area contributed by atoms with Crippen molar-refractivity contribution in [2.75, 3.05) is 0 Å². The molecule has 1 aromatic rings. The summed E-state index contributed by atoms with van der Waals surface area (Å²) in [7, 11) is 0. The fraction of sp³-hybridized carbons (Fsp3) is 0.688. The Morgan fingerprint density at radius 2 is 2.06 bits per heavy atom. The van der Waals surface area contributed by atoms with E-state index in [1.54, 1.807) is 0 Å². The summed E-state index contributed by atoms with van der Waals surface area (Å²) >= 11 is 0. The van der Waals surface area contributed by atoms with E-state index in [-0.39, 0.29) is 0 Å². The molecule has 1 aliphatic carbocycles. The monoisotopic (exact) mass is 231 g/mol. The molecule has 0 spiro atoms. The van der Waals surface area contributed by atoms with Crippen molar-refractivity contribution < 1.29 is 0 Å². The summed E-state index contributed by atoms with van der Waals surface area (Å²) in [6, 6.07) is 6.27. The Bertz CT molecular complexity index is 331. The molecule has 1 aliphatic rings. The van der Waals surface area contributed by atoms with E-state index in [2.05, 4.69) is 37.9 Å². The van der Waals surface area contributed by atoms with E-state index < -0.39 is 0 Å². The van der Waals surface area contributed by atoms with E-state index in [0.29, 0.717) is 5.92 Å². The molecule has 1 saturated carbocycles. The molecule has 1 fully saturated rings. The van der Waals surface area contributed by atoms with Crippen molar-refractivity contribution in [3.8, 4) is 0 Å². The standard InChI is InChI=1S/C16H25N/c1-12(2)15-8-7-14(11-15)10-13(3)16-6-4-5-9-17-16/h4-6,9,12-15H,7-8,10-11H2,1-3H3. The zero-order valence-corrected chi connectivity index (χ0v) is 11.4. The van der Waals surface area contributed by atoms with Crippen LogP contribution in [-0.4, -0.2) is 4.98 Å². The van der Waals surface area contributed by atoms with Crippen LogP contribution in [0.15, 0.2) is 24.4 Å². The molecule has 0 N–H and O–H groups in total. The molecular formula is C16H25N. The van der Waals surface area contributed by atoms with Gasteiger partial charge in [-0.2, -0.15) is 0 Å². The van der Waals surface area contributed by atoms with Crippen LogP contribution in [0, 0.1) is 17.8 Å². The number of hydrogen-bond donors (Lipinski definition) is 0. The molecule has 17 heavy (non-hydrogen) atoms. The molecule has 3 unspecified atom stereocenters. The lowest BCUT2D eigenvalue weighted by Gasteiger charge is -2.17. The zero-order valence-electron chi connectivity index (χ0n) is 11.4. The van der Waals surface area contributed by atoms with Gasteiger partial charge in [0.2, 0.25) is 0 Å². The molecule has 1 nitrogen and oxygen atoms in total. The lowest BCUT2D eigenvalue weighted by Crippen LogP contribution is -2.06. The fourth-order valence-electron chi connectivity index (χ4n) is 3.22. The van der Waals surface area contributed by atoms with Crippen LogP contribution >= 0.6 is 0 Å². The third kappa shape index (κ3) is 3.31. The number of rotatable bonds is 4. The summed E-state index contributed by atoms with van der Waals surface area (Å²) in [5, 5.41) is 0. The van der Waals surface area contributed by atoms with Crippen molar-refractivity contribution in [3.05, 3.63) is 30.1 Å². The smallest absolute Gasteiger partial charge is 0.0431 e. The van der Waals surface area contributed by atoms with Gasteiger partial charge in [-0.25, -0.2) is 0 Å². The van der Waals surface area contributed by atoms with Gasteiger partial charge in [0, 0.05) is 11.9 Å². The Morgan fingerprint density at radius 1 is 1.24 bits per heavy atom. The summed E-state index contributed by atoms with van der Waals surface area (Å²) in [4.78, 5) is 4.47. The van der Waals surface area contributed by atoms with Gasteiger partial charge in [-0.1, -0.05) is 33.3 Å². The van der Waals surface area contributed by atoms with Crippen LogP contribution in [0.4, 0.5) is 0 Å². The van der Waals surface area contributed by atoms with Crippen LogP contribution < -0.4 is 0 Å². The lowest BCUT2D eigenvalue weighted by molar-refractivity contribution is 0.365. The summed E-state index contributed by atoms with van der Waals surface area (Å²) < 4.78 is 0. The molecule has 1 heterocycles. The maximum absolute atomic E-state index is 4.47. The van der Waals surface area contributed by atoms with E-state index >= 15 is 0 Å². The van der Waals surface area contributed by atoms with Crippen molar-refractivity contribution in [2.24, 2.45) is 17.8 Å². The number of aromatic nitrogens is 1. The van der Waals surface area contributed by atoms with Gasteiger partial charge < -0.3 is 0 Å². The Balaban J connectivity index is 1.86. The Labute approximate surface area is 106 Å². The van der Waals surface area contributed by atoms with Gasteiger partial charge in [0.1, 0.15) is 0 Å². The van der Waals surface area contributed by atoms with Gasteiger partial charge >= 0.3 is 0 Å². The summed E-state index contributed by atoms with van der Waals surface area (Å²) in [5.41, 5.74) is 1.26. The maximum atomic E-state index is 4.47. The summed E-state index contributed by atoms with van der Waals surface area (Å²) in [5.74, 6) is 3.38. The highest BCUT2D eigenvalue weighted by Gasteiger charge is 2.28. The van der Waals surface area contributed by atoms with Crippen molar-refractivity contribution in [3.63, 3.8) is 0 Å². The van der Waals surface area contributed by atoms with Crippen LogP contribution in [0.1, 0.15) is 58.1 Å². The molecule has 1 aromatic heterocycles. The Hall–Kier alpha value is -0.850. The largest absolute Gasteiger partial charge is 0.261 e. The number of pyridine rings is 1. The van der Waals surface area contributed by atoms with E-state index in [9.17, 15) is 0 Å². The van der Waals surface area contributed by atoms with Crippen molar-refractivity contribution in [1.82, 2.24) is 4.98 Å². The second-order valence-corrected chi connectivity index (χ2v) is 6.07. The van der Waals surface area contributed by atoms with Crippen molar-refractivity contribution in [2.45, 2.75) is 52.4 Å². The number of hydrogen-bond acceptors (Lipinski definition) is 1. The molecule has 0 amide bonds. The minimum absolute atomic E-state index is 0.618. The predicted octanol–water partition coefficient (Wildman–Crippen LogP) is 4.65. The first-order valence-electron chi connectivity index (χ1n) is 7.07. The van der Waals surface area contributed by atoms with E-state index in [1.165, 1.54) is 31.4 Å². The zero-order chi connectivity index (χ0) is 12.3. The molecule has 0 aliphatic heterocycles. The maximum Gasteiger partial charge on any atom is 0.0431 e. The average molecular weight is 231 g/mol. The molecule has 94 valence electrons. The third-order valence-corrected chi connectivity index (χ3v) is 4.40. The highest BCUT2D eigenvalue weighted by molar-refractivity contribution is 5.08. The lowest BCUT2D eigenvalue weighted by atomic mass is 9.89. The third-order valence-electron chi connectivity index (χ3n) is 4.40. The highest BCUT2D eigenvalue weighted by atomic mass is 14.7. The first-order valence-corrected chi connectivity index (χ1v) is 7.07. The molecule has 2 rings (SSSR count). The summed E-state index contributed by atoms with van der Waals surface area (Å²) in [6.07, 6.45) is 7.55. The SMILES string of the molecule is CC(CC1CCC(C(C)C)C1)c1ccccn1. The topological polar surface area (TPSA) is 12.9 Å². The molecule has 3 atom stereocenters. The van der Waals surface area contributed by atoms with Gasteiger partial charge in [-0.15, -0.1) is 0 Å². The highest BCUT2D eigenvalue weighted by Crippen LogP contribution is 2.40. The fourth-order valence-corrected chi connectivity index (χ4v) is 3.22. The Kier molecular flexibility index (Phi) is 4.20. The predicted molar refractivity (Wildman–Crippen MR) is 72.9 cm³/mol. The van der Waals surface area contributed by atoms with Crippen LogP contribution in [0.2, 0.25) is 0 Å². The molecule has 0 saturated heterocycles. The van der Waals surface area contributed by atoms with E-state index in [4.69, 9.17) is 0 Å². The van der Waals surface area contributed by atoms with Crippen LogP contribution in [-0.2, 0) is 0 Å². The van der Waals surface area contributed by atoms with Crippen LogP contribution in [0.25, 0.3) is 0 Å². The van der Waals surface area contributed by atoms with Gasteiger partial charge in [0.15, 0.2) is 0 Å². The minimum atomic E-state index is 0.618. The molecular weight excluding hydrogens is 206 g/mol. The van der Waals surface area contributed by atoms with Gasteiger partial charge in [-0.05, 0) is 55.1 Å². The van der Waals surface area contributed by atoms with E-state index in [1.807, 2.05) is 12.3 Å². The van der Waals surface area contributed by atoms with Gasteiger partial charge in [-0.3, -0.25) is 4.98 Å². The molecule has 0 aromatic carbocycles. The van der Waals surface area contributed by atoms with Crippen LogP contribution in [0.5, 0.6) is 0 Å². The quantitative estimate of drug-likeness (QED) is 0.735. The second kappa shape index (κ2) is 5.66. The van der Waals surface area contributed by atoms with E-state index in [0.717, 1.165) is 17.8 Å². The first-order chi connectivity index (χ1) is 8.16. The molecule has 1 heteroatoms. The van der Waals surface area contributed by atoms with Crippen LogP contribution in [0.3, 0.4) is 0 Å². The Morgan fingerprint density at radius 3 is 2.65 bits per heavy atom. The van der Waals surface area contributed by atoms with Crippen molar-refractivity contribution in [1.29, 1.82) is 0 Å². The number of nitrogens with zero attached hydrogens (tertiary/aromatic N) is 1. The first kappa shape index (κ1) is 12.6. The average Bonchev–Trinajstić information content (AvgIpc) is 2.79. The minimum Gasteiger partial charge on any atom is -0.261 e. The molecule has 0 radical (unpaired) electrons.